The highest BCUT2D eigenvalue weighted by Gasteiger charge is 2.41. The first-order chi connectivity index (χ1) is 16.3. The molecule has 1 heterocycles. The van der Waals surface area contributed by atoms with Gasteiger partial charge in [-0.25, -0.2) is 4.98 Å². The molecule has 0 amide bonds. The van der Waals surface area contributed by atoms with Crippen LogP contribution in [0.5, 0.6) is 0 Å². The van der Waals surface area contributed by atoms with Crippen molar-refractivity contribution in [3.63, 3.8) is 0 Å². The first kappa shape index (κ1) is 20.1. The predicted molar refractivity (Wildman–Crippen MR) is 135 cm³/mol. The monoisotopic (exact) mass is 436 g/mol. The molecule has 9 rings (SSSR count). The summed E-state index contributed by atoms with van der Waals surface area (Å²) >= 11 is 0. The minimum Gasteiger partial charge on any atom is -0.299 e. The Labute approximate surface area is 198 Å². The van der Waals surface area contributed by atoms with Gasteiger partial charge in [0, 0.05) is 18.0 Å². The molecule has 2 heteroatoms. The lowest BCUT2D eigenvalue weighted by molar-refractivity contribution is 0.141. The first-order valence-corrected chi connectivity index (χ1v) is 13.6. The molecule has 33 heavy (non-hydrogen) atoms. The number of rotatable bonds is 4. The van der Waals surface area contributed by atoms with Gasteiger partial charge in [-0.15, -0.1) is 0 Å². The molecule has 3 aromatic rings. The molecule has 6 aliphatic carbocycles. The van der Waals surface area contributed by atoms with Gasteiger partial charge in [0.15, 0.2) is 0 Å². The van der Waals surface area contributed by atoms with Crippen molar-refractivity contribution < 1.29 is 0 Å². The quantitative estimate of drug-likeness (QED) is 0.404. The van der Waals surface area contributed by atoms with E-state index in [-0.39, 0.29) is 0 Å². The molecule has 6 aliphatic rings. The van der Waals surface area contributed by atoms with Crippen molar-refractivity contribution in [1.29, 1.82) is 0 Å². The van der Waals surface area contributed by atoms with Gasteiger partial charge < -0.3 is 0 Å². The second-order valence-electron chi connectivity index (χ2n) is 11.5. The number of aromatic nitrogens is 2. The fourth-order valence-corrected chi connectivity index (χ4v) is 8.26. The number of hydrogen-bond donors (Lipinski definition) is 0. The van der Waals surface area contributed by atoms with Crippen LogP contribution < -0.4 is 0 Å². The van der Waals surface area contributed by atoms with E-state index in [0.29, 0.717) is 0 Å². The van der Waals surface area contributed by atoms with E-state index in [1.165, 1.54) is 75.5 Å². The summed E-state index contributed by atoms with van der Waals surface area (Å²) in [6.07, 6.45) is 18.6. The molecule has 2 unspecified atom stereocenters. The van der Waals surface area contributed by atoms with Crippen LogP contribution in [-0.2, 0) is 0 Å². The van der Waals surface area contributed by atoms with Gasteiger partial charge in [-0.3, -0.25) is 4.57 Å². The van der Waals surface area contributed by atoms with Crippen LogP contribution in [0.15, 0.2) is 60.9 Å². The van der Waals surface area contributed by atoms with Crippen LogP contribution in [0, 0.1) is 23.7 Å². The van der Waals surface area contributed by atoms with Crippen molar-refractivity contribution in [2.24, 2.45) is 23.7 Å². The van der Waals surface area contributed by atoms with E-state index in [1.807, 2.05) is 6.20 Å². The van der Waals surface area contributed by atoms with Gasteiger partial charge in [-0.2, -0.15) is 0 Å². The van der Waals surface area contributed by atoms with Crippen LogP contribution >= 0.6 is 0 Å². The summed E-state index contributed by atoms with van der Waals surface area (Å²) in [5.74, 6) is 6.17. The third-order valence-electron chi connectivity index (χ3n) is 9.91. The minimum atomic E-state index is 0.722. The third-order valence-corrected chi connectivity index (χ3v) is 9.91. The molecule has 1 aromatic heterocycles. The molecule has 0 N–H and O–H groups in total. The highest BCUT2D eigenvalue weighted by atomic mass is 15.1. The second kappa shape index (κ2) is 8.15. The maximum absolute atomic E-state index is 4.89. The van der Waals surface area contributed by atoms with E-state index < -0.39 is 0 Å². The summed E-state index contributed by atoms with van der Waals surface area (Å²) in [6.45, 7) is 0. The van der Waals surface area contributed by atoms with E-state index in [1.54, 1.807) is 11.1 Å². The van der Waals surface area contributed by atoms with Crippen LogP contribution in [0.4, 0.5) is 0 Å². The number of nitrogens with zero attached hydrogens (tertiary/aromatic N) is 2. The zero-order chi connectivity index (χ0) is 21.8. The molecular weight excluding hydrogens is 400 g/mol. The Balaban J connectivity index is 1.41. The fourth-order valence-electron chi connectivity index (χ4n) is 8.26. The number of imidazole rings is 1. The van der Waals surface area contributed by atoms with E-state index >= 15 is 0 Å². The van der Waals surface area contributed by atoms with Crippen molar-refractivity contribution in [2.75, 3.05) is 0 Å². The van der Waals surface area contributed by atoms with E-state index in [0.717, 1.165) is 41.3 Å². The normalized spacial score (nSPS) is 32.8. The maximum Gasteiger partial charge on any atom is 0.144 e. The second-order valence-corrected chi connectivity index (χ2v) is 11.5. The third kappa shape index (κ3) is 3.40. The molecule has 0 spiro atoms. The Morgan fingerprint density at radius 3 is 1.73 bits per heavy atom. The molecule has 0 radical (unpaired) electrons. The van der Waals surface area contributed by atoms with Crippen LogP contribution in [0.2, 0.25) is 0 Å². The summed E-state index contributed by atoms with van der Waals surface area (Å²) in [7, 11) is 0. The van der Waals surface area contributed by atoms with Gasteiger partial charge >= 0.3 is 0 Å². The fraction of sp³-hybridized carbons (Fsp3) is 0.516. The number of benzene rings is 2. The van der Waals surface area contributed by atoms with Crippen molar-refractivity contribution >= 4 is 0 Å². The van der Waals surface area contributed by atoms with Gasteiger partial charge in [-0.1, -0.05) is 74.2 Å². The number of hydrogen-bond acceptors (Lipinski definition) is 1. The van der Waals surface area contributed by atoms with Crippen molar-refractivity contribution in [2.45, 2.75) is 76.0 Å². The summed E-state index contributed by atoms with van der Waals surface area (Å²) in [6, 6.07) is 18.2. The lowest BCUT2D eigenvalue weighted by Gasteiger charge is -2.45. The largest absolute Gasteiger partial charge is 0.299 e. The van der Waals surface area contributed by atoms with Gasteiger partial charge in [-0.05, 0) is 85.2 Å². The molecule has 0 saturated heterocycles. The Kier molecular flexibility index (Phi) is 4.95. The molecule has 2 atom stereocenters. The number of para-hydroxylation sites is 1. The molecule has 0 aliphatic heterocycles. The predicted octanol–water partition coefficient (Wildman–Crippen LogP) is 8.13. The van der Waals surface area contributed by atoms with E-state index in [9.17, 15) is 0 Å². The summed E-state index contributed by atoms with van der Waals surface area (Å²) in [5.41, 5.74) is 5.97. The van der Waals surface area contributed by atoms with Crippen LogP contribution in [0.3, 0.4) is 0 Å². The molecule has 6 saturated carbocycles. The standard InChI is InChI=1S/C31H36N2/c1-2-5-25(6-3-1)31-32-17-18-33(31)30-26(28-19-21-9-13-23(28)14-10-21)7-4-8-27(30)29-20-22-11-15-24(29)16-12-22/h1-8,17-18,21-24,28-29H,9-16,19-20H2. The van der Waals surface area contributed by atoms with Gasteiger partial charge in [0.05, 0.1) is 5.69 Å². The van der Waals surface area contributed by atoms with Crippen LogP contribution in [-0.4, -0.2) is 9.55 Å². The number of fused-ring (bicyclic) bond motifs is 6. The average molecular weight is 437 g/mol. The van der Waals surface area contributed by atoms with Crippen molar-refractivity contribution in [3.8, 4) is 17.1 Å². The zero-order valence-electron chi connectivity index (χ0n) is 19.7. The highest BCUT2D eigenvalue weighted by molar-refractivity contribution is 5.62. The van der Waals surface area contributed by atoms with Crippen molar-refractivity contribution in [3.05, 3.63) is 72.1 Å². The molecule has 6 fully saturated rings. The lowest BCUT2D eigenvalue weighted by Crippen LogP contribution is -2.32. The van der Waals surface area contributed by atoms with E-state index in [2.05, 4.69) is 59.3 Å². The molecule has 4 bridgehead atoms. The highest BCUT2D eigenvalue weighted by Crippen LogP contribution is 2.54. The molecular formula is C31H36N2. The lowest BCUT2D eigenvalue weighted by atomic mass is 9.60. The first-order valence-electron chi connectivity index (χ1n) is 13.6. The van der Waals surface area contributed by atoms with Gasteiger partial charge in [0.1, 0.15) is 5.82 Å². The molecule has 170 valence electrons. The van der Waals surface area contributed by atoms with Crippen LogP contribution in [0.1, 0.15) is 87.2 Å². The summed E-state index contributed by atoms with van der Waals surface area (Å²) in [5, 5.41) is 0. The topological polar surface area (TPSA) is 17.8 Å². The smallest absolute Gasteiger partial charge is 0.144 e. The Morgan fingerprint density at radius 1 is 0.636 bits per heavy atom. The maximum atomic E-state index is 4.89. The molecule has 2 aromatic carbocycles. The molecule has 2 nitrogen and oxygen atoms in total. The van der Waals surface area contributed by atoms with Crippen LogP contribution in [0.25, 0.3) is 17.1 Å². The van der Waals surface area contributed by atoms with E-state index in [4.69, 9.17) is 4.98 Å². The zero-order valence-corrected chi connectivity index (χ0v) is 19.7. The van der Waals surface area contributed by atoms with Crippen molar-refractivity contribution in [1.82, 2.24) is 9.55 Å². The average Bonchev–Trinajstić information content (AvgIpc) is 3.40. The summed E-state index contributed by atoms with van der Waals surface area (Å²) < 4.78 is 2.48. The van der Waals surface area contributed by atoms with Gasteiger partial charge in [0.25, 0.3) is 0 Å². The van der Waals surface area contributed by atoms with Gasteiger partial charge in [0.2, 0.25) is 0 Å². The minimum absolute atomic E-state index is 0.722. The SMILES string of the molecule is c1ccc(-c2nccn2-c2c(C3CC4CCC3CC4)cccc2C2CC3CCC2CC3)cc1. The summed E-state index contributed by atoms with van der Waals surface area (Å²) in [4.78, 5) is 4.89. The Morgan fingerprint density at radius 2 is 1.21 bits per heavy atom. The Hall–Kier alpha value is -2.35. The Bertz CT molecular complexity index is 1060.